The quantitative estimate of drug-likeness (QED) is 0.276. The number of methoxy groups -OCH3 is 1. The third-order valence-corrected chi connectivity index (χ3v) is 5.98. The molecule has 0 saturated heterocycles. The van der Waals surface area contributed by atoms with Crippen LogP contribution in [0.4, 0.5) is 13.2 Å². The fourth-order valence-corrected chi connectivity index (χ4v) is 3.95. The van der Waals surface area contributed by atoms with Crippen LogP contribution in [0.1, 0.15) is 43.4 Å². The molecule has 198 valence electrons. The van der Waals surface area contributed by atoms with E-state index in [1.807, 2.05) is 32.0 Å². The maximum absolute atomic E-state index is 13.4. The van der Waals surface area contributed by atoms with Crippen LogP contribution >= 0.6 is 0 Å². The summed E-state index contributed by atoms with van der Waals surface area (Å²) in [6, 6.07) is 15.9. The lowest BCUT2D eigenvalue weighted by Crippen LogP contribution is -2.16. The van der Waals surface area contributed by atoms with Gasteiger partial charge in [-0.05, 0) is 78.9 Å². The first-order valence-corrected chi connectivity index (χ1v) is 12.1. The second-order valence-corrected chi connectivity index (χ2v) is 8.68. The van der Waals surface area contributed by atoms with Crippen molar-refractivity contribution in [1.82, 2.24) is 0 Å². The highest BCUT2D eigenvalue weighted by molar-refractivity contribution is 5.72. The molecule has 1 unspecified atom stereocenters. The summed E-state index contributed by atoms with van der Waals surface area (Å²) in [5.74, 6) is 0.709. The molecule has 0 fully saturated rings. The molecule has 0 saturated carbocycles. The Kier molecular flexibility index (Phi) is 9.44. The first-order chi connectivity index (χ1) is 17.6. The molecule has 3 aromatic carbocycles. The van der Waals surface area contributed by atoms with Gasteiger partial charge in [0.05, 0.1) is 25.4 Å². The molecule has 37 heavy (non-hydrogen) atoms. The van der Waals surface area contributed by atoms with Crippen LogP contribution in [0.5, 0.6) is 17.2 Å². The van der Waals surface area contributed by atoms with Crippen LogP contribution in [0.25, 0.3) is 11.1 Å². The van der Waals surface area contributed by atoms with Crippen molar-refractivity contribution in [2.24, 2.45) is 0 Å². The van der Waals surface area contributed by atoms with Crippen molar-refractivity contribution in [3.63, 3.8) is 0 Å². The molecule has 0 heterocycles. The Bertz CT molecular complexity index is 1210. The van der Waals surface area contributed by atoms with E-state index in [0.29, 0.717) is 47.8 Å². The minimum atomic E-state index is -4.48. The van der Waals surface area contributed by atoms with Gasteiger partial charge in [0.15, 0.2) is 0 Å². The number of alkyl halides is 3. The Morgan fingerprint density at radius 1 is 1.00 bits per heavy atom. The highest BCUT2D eigenvalue weighted by Gasteiger charge is 2.31. The molecule has 8 heteroatoms. The fraction of sp³-hybridized carbons (Fsp3) is 0.345. The molecular formula is C29H31F3O5. The average Bonchev–Trinajstić information content (AvgIpc) is 2.87. The van der Waals surface area contributed by atoms with Crippen LogP contribution < -0.4 is 14.2 Å². The summed E-state index contributed by atoms with van der Waals surface area (Å²) in [6.45, 7) is 4.18. The lowest BCUT2D eigenvalue weighted by Gasteiger charge is -2.20. The number of carboxylic acid groups (broad SMARTS) is 1. The summed E-state index contributed by atoms with van der Waals surface area (Å²) >= 11 is 0. The summed E-state index contributed by atoms with van der Waals surface area (Å²) in [5.41, 5.74) is 2.15. The van der Waals surface area contributed by atoms with E-state index >= 15 is 0 Å². The molecule has 0 aliphatic carbocycles. The van der Waals surface area contributed by atoms with E-state index in [2.05, 4.69) is 0 Å². The van der Waals surface area contributed by atoms with Crippen LogP contribution in [0.3, 0.4) is 0 Å². The highest BCUT2D eigenvalue weighted by Crippen LogP contribution is 2.38. The minimum Gasteiger partial charge on any atom is -0.497 e. The molecule has 0 radical (unpaired) electrons. The van der Waals surface area contributed by atoms with Crippen molar-refractivity contribution < 1.29 is 37.3 Å². The number of hydrogen-bond donors (Lipinski definition) is 1. The maximum Gasteiger partial charge on any atom is 0.416 e. The molecule has 0 aliphatic heterocycles. The van der Waals surface area contributed by atoms with Gasteiger partial charge in [-0.1, -0.05) is 25.1 Å². The number of hydrogen-bond acceptors (Lipinski definition) is 4. The molecule has 0 aliphatic rings. The fourth-order valence-electron chi connectivity index (χ4n) is 3.95. The Balaban J connectivity index is 1.69. The zero-order valence-electron chi connectivity index (χ0n) is 21.1. The number of halogens is 3. The predicted octanol–water partition coefficient (Wildman–Crippen LogP) is 7.20. The van der Waals surface area contributed by atoms with Crippen molar-refractivity contribution >= 4 is 5.97 Å². The highest BCUT2D eigenvalue weighted by atomic mass is 19.4. The number of carboxylic acids is 1. The van der Waals surface area contributed by atoms with Gasteiger partial charge in [0.2, 0.25) is 0 Å². The summed E-state index contributed by atoms with van der Waals surface area (Å²) in [5, 5.41) is 8.93. The molecule has 0 amide bonds. The summed E-state index contributed by atoms with van der Waals surface area (Å²) in [4.78, 5) is 10.9. The largest absolute Gasteiger partial charge is 0.497 e. The SMILES string of the molecule is CCc1cc(OCCC(C)Oc2ccc(C(F)(F)F)cc2-c2cccc(OC)c2)ccc1CCC(=O)O. The molecular weight excluding hydrogens is 485 g/mol. The van der Waals surface area contributed by atoms with Gasteiger partial charge in [0, 0.05) is 18.4 Å². The second-order valence-electron chi connectivity index (χ2n) is 8.68. The molecule has 0 spiro atoms. The maximum atomic E-state index is 13.4. The van der Waals surface area contributed by atoms with Crippen molar-refractivity contribution in [1.29, 1.82) is 0 Å². The van der Waals surface area contributed by atoms with Gasteiger partial charge in [-0.2, -0.15) is 13.2 Å². The van der Waals surface area contributed by atoms with Crippen molar-refractivity contribution in [3.8, 4) is 28.4 Å². The Morgan fingerprint density at radius 2 is 1.78 bits per heavy atom. The van der Waals surface area contributed by atoms with Crippen molar-refractivity contribution in [2.45, 2.75) is 51.8 Å². The van der Waals surface area contributed by atoms with Crippen LogP contribution in [0.2, 0.25) is 0 Å². The second kappa shape index (κ2) is 12.5. The van der Waals surface area contributed by atoms with Gasteiger partial charge >= 0.3 is 12.1 Å². The summed E-state index contributed by atoms with van der Waals surface area (Å²) < 4.78 is 57.4. The number of rotatable bonds is 12. The van der Waals surface area contributed by atoms with Gasteiger partial charge in [-0.25, -0.2) is 0 Å². The Labute approximate surface area is 214 Å². The van der Waals surface area contributed by atoms with Crippen LogP contribution in [-0.2, 0) is 23.8 Å². The molecule has 1 atom stereocenters. The van der Waals surface area contributed by atoms with E-state index in [0.717, 1.165) is 29.7 Å². The van der Waals surface area contributed by atoms with Crippen LogP contribution in [-0.4, -0.2) is 30.9 Å². The normalized spacial score (nSPS) is 12.2. The molecule has 5 nitrogen and oxygen atoms in total. The van der Waals surface area contributed by atoms with E-state index in [4.69, 9.17) is 19.3 Å². The van der Waals surface area contributed by atoms with Gasteiger partial charge in [0.1, 0.15) is 17.2 Å². The standard InChI is InChI=1S/C29H31F3O5/c1-4-20-16-25(11-8-21(20)9-13-28(33)34)36-15-14-19(2)37-27-12-10-23(29(30,31)32)18-26(27)22-6-5-7-24(17-22)35-3/h5-8,10-12,16-19H,4,9,13-15H2,1-3H3,(H,33,34). The van der Waals surface area contributed by atoms with E-state index in [1.54, 1.807) is 24.3 Å². The summed E-state index contributed by atoms with van der Waals surface area (Å²) in [6.07, 6.45) is -3.02. The van der Waals surface area contributed by atoms with E-state index in [1.165, 1.54) is 13.2 Å². The van der Waals surface area contributed by atoms with Crippen molar-refractivity contribution in [3.05, 3.63) is 77.4 Å². The van der Waals surface area contributed by atoms with E-state index in [9.17, 15) is 18.0 Å². The third-order valence-electron chi connectivity index (χ3n) is 5.98. The van der Waals surface area contributed by atoms with Gasteiger partial charge in [-0.15, -0.1) is 0 Å². The van der Waals surface area contributed by atoms with Crippen molar-refractivity contribution in [2.75, 3.05) is 13.7 Å². The molecule has 3 rings (SSSR count). The van der Waals surface area contributed by atoms with E-state index in [-0.39, 0.29) is 12.5 Å². The molecule has 0 aromatic heterocycles. The van der Waals surface area contributed by atoms with Gasteiger partial charge in [0.25, 0.3) is 0 Å². The van der Waals surface area contributed by atoms with Gasteiger partial charge < -0.3 is 19.3 Å². The van der Waals surface area contributed by atoms with Crippen LogP contribution in [0, 0.1) is 0 Å². The average molecular weight is 517 g/mol. The lowest BCUT2D eigenvalue weighted by atomic mass is 10.0. The zero-order chi connectivity index (χ0) is 27.0. The number of carbonyl (C=O) groups is 1. The predicted molar refractivity (Wildman–Crippen MR) is 135 cm³/mol. The first-order valence-electron chi connectivity index (χ1n) is 12.1. The molecule has 3 aromatic rings. The van der Waals surface area contributed by atoms with Gasteiger partial charge in [-0.3, -0.25) is 4.79 Å². The number of aryl methyl sites for hydroxylation is 2. The third kappa shape index (κ3) is 7.90. The Morgan fingerprint density at radius 3 is 2.46 bits per heavy atom. The Hall–Kier alpha value is -3.68. The molecule has 1 N–H and O–H groups in total. The topological polar surface area (TPSA) is 65.0 Å². The summed E-state index contributed by atoms with van der Waals surface area (Å²) in [7, 11) is 1.50. The zero-order valence-corrected chi connectivity index (χ0v) is 21.1. The minimum absolute atomic E-state index is 0.0732. The monoisotopic (exact) mass is 516 g/mol. The number of benzene rings is 3. The smallest absolute Gasteiger partial charge is 0.416 e. The van der Waals surface area contributed by atoms with Crippen LogP contribution in [0.15, 0.2) is 60.7 Å². The van der Waals surface area contributed by atoms with E-state index < -0.39 is 17.7 Å². The first kappa shape index (κ1) is 27.9. The number of aliphatic carboxylic acids is 1. The lowest BCUT2D eigenvalue weighted by molar-refractivity contribution is -0.138. The molecule has 0 bridgehead atoms. The number of ether oxygens (including phenoxy) is 3.